The van der Waals surface area contributed by atoms with Gasteiger partial charge in [-0.15, -0.1) is 0 Å². The summed E-state index contributed by atoms with van der Waals surface area (Å²) < 4.78 is 26.5. The van der Waals surface area contributed by atoms with E-state index < -0.39 is 24.3 Å². The number of methoxy groups -OCH3 is 1. The van der Waals surface area contributed by atoms with Crippen molar-refractivity contribution < 1.29 is 33.0 Å². The number of likely N-dealkylation sites (tertiary alicyclic amines) is 2. The van der Waals surface area contributed by atoms with Gasteiger partial charge in [0, 0.05) is 31.9 Å². The number of carbonyl (C=O) groups is 4. The number of hydrogen-bond acceptors (Lipinski definition) is 10. The third-order valence-corrected chi connectivity index (χ3v) is 14.3. The molecule has 4 saturated heterocycles. The molecule has 0 radical (unpaired) electrons. The second-order valence-corrected chi connectivity index (χ2v) is 19.3. The van der Waals surface area contributed by atoms with Crippen LogP contribution in [0.3, 0.4) is 0 Å². The van der Waals surface area contributed by atoms with Crippen molar-refractivity contribution in [2.75, 3.05) is 43.1 Å². The number of rotatable bonds is 12. The first kappa shape index (κ1) is 45.8. The highest BCUT2D eigenvalue weighted by Crippen LogP contribution is 2.48. The van der Waals surface area contributed by atoms with Gasteiger partial charge in [-0.1, -0.05) is 39.8 Å². The van der Waals surface area contributed by atoms with E-state index in [9.17, 15) is 19.2 Å². The summed E-state index contributed by atoms with van der Waals surface area (Å²) in [7, 11) is 1.29. The van der Waals surface area contributed by atoms with Crippen LogP contribution in [0.1, 0.15) is 132 Å². The van der Waals surface area contributed by atoms with Crippen LogP contribution in [0.5, 0.6) is 0 Å². The van der Waals surface area contributed by atoms with Crippen molar-refractivity contribution in [2.24, 2.45) is 17.6 Å². The van der Waals surface area contributed by atoms with E-state index in [1.807, 2.05) is 50.8 Å². The molecule has 6 heterocycles. The van der Waals surface area contributed by atoms with Crippen LogP contribution in [0.15, 0.2) is 54.6 Å². The average molecular weight is 919 g/mol. The summed E-state index contributed by atoms with van der Waals surface area (Å²) in [5.74, 6) is 0.286. The van der Waals surface area contributed by atoms with Crippen molar-refractivity contribution in [1.82, 2.24) is 35.1 Å². The van der Waals surface area contributed by atoms with Crippen LogP contribution >= 0.6 is 0 Å². The Morgan fingerprint density at radius 3 is 1.78 bits per heavy atom. The summed E-state index contributed by atoms with van der Waals surface area (Å²) in [5, 5.41) is 2.73. The highest BCUT2D eigenvalue weighted by molar-refractivity contribution is 5.87. The largest absolute Gasteiger partial charge is 0.453 e. The van der Waals surface area contributed by atoms with Crippen molar-refractivity contribution in [3.8, 4) is 0 Å². The molecule has 16 nitrogen and oxygen atoms in total. The average Bonchev–Trinajstić information content (AvgIpc) is 4.18. The Morgan fingerprint density at radius 1 is 0.701 bits per heavy atom. The molecule has 0 aliphatic carbocycles. The maximum Gasteiger partial charge on any atom is 0.407 e. The Labute approximate surface area is 390 Å². The third kappa shape index (κ3) is 9.08. The number of fused-ring (bicyclic) bond motifs is 2. The quantitative estimate of drug-likeness (QED) is 0.0943. The predicted molar refractivity (Wildman–Crippen MR) is 253 cm³/mol. The van der Waals surface area contributed by atoms with Crippen molar-refractivity contribution in [3.05, 3.63) is 83.2 Å². The molecule has 6 atom stereocenters. The summed E-state index contributed by atoms with van der Waals surface area (Å²) in [5.41, 5.74) is 12.1. The normalized spacial score (nSPS) is 22.0. The molecule has 4 aliphatic heterocycles. The number of piperidine rings is 1. The lowest BCUT2D eigenvalue weighted by atomic mass is 10.0. The van der Waals surface area contributed by atoms with Gasteiger partial charge in [-0.05, 0) is 123 Å². The summed E-state index contributed by atoms with van der Waals surface area (Å²) in [6.07, 6.45) is 5.29. The minimum atomic E-state index is -0.987. The number of benzene rings is 3. The minimum Gasteiger partial charge on any atom is -0.453 e. The summed E-state index contributed by atoms with van der Waals surface area (Å²) in [4.78, 5) is 76.7. The van der Waals surface area contributed by atoms with Gasteiger partial charge >= 0.3 is 12.2 Å². The van der Waals surface area contributed by atoms with Gasteiger partial charge in [0.05, 0.1) is 59.0 Å². The Morgan fingerprint density at radius 2 is 1.27 bits per heavy atom. The number of amides is 4. The van der Waals surface area contributed by atoms with Gasteiger partial charge in [-0.25, -0.2) is 23.9 Å². The summed E-state index contributed by atoms with van der Waals surface area (Å²) in [6, 6.07) is 16.6. The van der Waals surface area contributed by atoms with Crippen molar-refractivity contribution in [1.29, 1.82) is 0 Å². The number of nitrogens with two attached hydrogens (primary N) is 1. The van der Waals surface area contributed by atoms with E-state index in [4.69, 9.17) is 25.2 Å². The molecule has 0 spiro atoms. The summed E-state index contributed by atoms with van der Waals surface area (Å²) in [6.45, 7) is 10.2. The maximum atomic E-state index is 16.4. The molecule has 4 aliphatic rings. The molecule has 67 heavy (non-hydrogen) atoms. The Hall–Kier alpha value is -6.39. The standard InChI is InChI=1S/C50H63FN10O6/c1-28(2)43(57-50(65)66-5)47(62)59-23-9-11-41(59)45-53-34-16-13-30(25-36(34)55-45)38-19-20-39(61(38)32-15-18-40(33(51)27-32)58-21-7-6-8-22-58)31-14-17-35-37(26-31)56-46(54-35)42-12-10-24-60(42)48(63)44(29(3)4)67-49(52)64/h13-18,25-29,38-39,41-44H,6-12,19-24H2,1-5H3,(H2,52,64)(H,53,55)(H,54,56)(H,57,65)/t38-,39-,41+,42+,43+,44?/m1/s1. The fraction of sp³-hybridized carbons (Fsp3) is 0.520. The van der Waals surface area contributed by atoms with Gasteiger partial charge < -0.3 is 50.1 Å². The number of nitrogens with one attached hydrogen (secondary N) is 3. The van der Waals surface area contributed by atoms with Crippen LogP contribution in [0.25, 0.3) is 22.1 Å². The zero-order chi connectivity index (χ0) is 47.1. The number of aromatic amines is 2. The first-order valence-corrected chi connectivity index (χ1v) is 24.0. The van der Waals surface area contributed by atoms with E-state index >= 15 is 4.39 Å². The fourth-order valence-electron chi connectivity index (χ4n) is 11.0. The molecule has 0 saturated carbocycles. The summed E-state index contributed by atoms with van der Waals surface area (Å²) >= 11 is 0. The lowest BCUT2D eigenvalue weighted by Gasteiger charge is -2.34. The number of alkyl carbamates (subject to hydrolysis) is 1. The number of nitrogens with zero attached hydrogens (tertiary/aromatic N) is 6. The number of imidazole rings is 2. The van der Waals surface area contributed by atoms with E-state index in [0.717, 1.165) is 103 Å². The Kier molecular flexibility index (Phi) is 13.0. The number of hydrogen-bond donors (Lipinski definition) is 4. The van der Waals surface area contributed by atoms with E-state index in [2.05, 4.69) is 55.4 Å². The van der Waals surface area contributed by atoms with Gasteiger partial charge in [-0.3, -0.25) is 9.59 Å². The van der Waals surface area contributed by atoms with E-state index in [0.29, 0.717) is 36.8 Å². The molecule has 4 amide bonds. The monoisotopic (exact) mass is 918 g/mol. The zero-order valence-corrected chi connectivity index (χ0v) is 39.1. The number of anilines is 2. The number of aromatic nitrogens is 4. The Balaban J connectivity index is 1.02. The predicted octanol–water partition coefficient (Wildman–Crippen LogP) is 8.48. The van der Waals surface area contributed by atoms with Crippen LogP contribution in [0, 0.1) is 17.7 Å². The molecule has 5 N–H and O–H groups in total. The fourth-order valence-corrected chi connectivity index (χ4v) is 11.0. The van der Waals surface area contributed by atoms with Gasteiger partial charge in [0.2, 0.25) is 5.91 Å². The first-order valence-electron chi connectivity index (χ1n) is 24.0. The zero-order valence-electron chi connectivity index (χ0n) is 39.1. The molecule has 5 aromatic rings. The number of H-pyrrole nitrogens is 2. The molecule has 2 aromatic heterocycles. The second kappa shape index (κ2) is 19.1. The molecule has 3 aromatic carbocycles. The SMILES string of the molecule is COC(=O)N[C@H](C(=O)N1CCC[C@H]1c1nc2ccc([C@H]3CC[C@H](c4ccc5nc([C@@H]6CCCN6C(=O)C(OC(N)=O)C(C)C)[nH]c5c4)N3c3ccc(N4CCCCC4)c(F)c3)cc2[nH]1)C(C)C. The number of halogens is 1. The molecule has 0 bridgehead atoms. The smallest absolute Gasteiger partial charge is 0.407 e. The molecular formula is C50H63FN10O6. The van der Waals surface area contributed by atoms with Gasteiger partial charge in [0.1, 0.15) is 23.5 Å². The van der Waals surface area contributed by atoms with E-state index in [-0.39, 0.29) is 53.6 Å². The second-order valence-electron chi connectivity index (χ2n) is 19.3. The van der Waals surface area contributed by atoms with Gasteiger partial charge in [0.15, 0.2) is 6.10 Å². The third-order valence-electron chi connectivity index (χ3n) is 14.3. The van der Waals surface area contributed by atoms with E-state index in [1.165, 1.54) is 7.11 Å². The minimum absolute atomic E-state index is 0.107. The molecule has 1 unspecified atom stereocenters. The molecule has 9 rings (SSSR count). The van der Waals surface area contributed by atoms with Crippen LogP contribution in [-0.4, -0.2) is 99.2 Å². The van der Waals surface area contributed by atoms with Gasteiger partial charge in [0.25, 0.3) is 5.91 Å². The lowest BCUT2D eigenvalue weighted by Crippen LogP contribution is -2.51. The van der Waals surface area contributed by atoms with E-state index in [1.54, 1.807) is 11.0 Å². The van der Waals surface area contributed by atoms with Crippen LogP contribution < -0.4 is 20.9 Å². The Bertz CT molecular complexity index is 2640. The molecular weight excluding hydrogens is 856 g/mol. The number of ether oxygens (including phenoxy) is 2. The van der Waals surface area contributed by atoms with Crippen LogP contribution in [0.4, 0.5) is 25.4 Å². The van der Waals surface area contributed by atoms with Crippen LogP contribution in [0.2, 0.25) is 0 Å². The van der Waals surface area contributed by atoms with Crippen molar-refractivity contribution >= 4 is 57.4 Å². The van der Waals surface area contributed by atoms with Crippen LogP contribution in [-0.2, 0) is 19.1 Å². The first-order chi connectivity index (χ1) is 32.3. The van der Waals surface area contributed by atoms with Crippen molar-refractivity contribution in [3.63, 3.8) is 0 Å². The topological polar surface area (TPSA) is 195 Å². The highest BCUT2D eigenvalue weighted by atomic mass is 19.1. The molecule has 17 heteroatoms. The van der Waals surface area contributed by atoms with Crippen molar-refractivity contribution in [2.45, 2.75) is 122 Å². The maximum absolute atomic E-state index is 16.4. The van der Waals surface area contributed by atoms with Gasteiger partial charge in [-0.2, -0.15) is 0 Å². The number of primary amides is 1. The molecule has 4 fully saturated rings. The lowest BCUT2D eigenvalue weighted by molar-refractivity contribution is -0.143. The number of carbonyl (C=O) groups excluding carboxylic acids is 4. The highest BCUT2D eigenvalue weighted by Gasteiger charge is 2.41. The molecule has 356 valence electrons.